The van der Waals surface area contributed by atoms with Crippen LogP contribution in [-0.4, -0.2) is 30.7 Å². The highest BCUT2D eigenvalue weighted by Crippen LogP contribution is 2.33. The van der Waals surface area contributed by atoms with Gasteiger partial charge in [0.1, 0.15) is 0 Å². The molecule has 4 nitrogen and oxygen atoms in total. The topological polar surface area (TPSA) is 50.4 Å². The summed E-state index contributed by atoms with van der Waals surface area (Å²) in [5, 5.41) is 6.06. The summed E-state index contributed by atoms with van der Waals surface area (Å²) in [5.41, 5.74) is 0.698. The first-order valence-corrected chi connectivity index (χ1v) is 7.89. The first-order valence-electron chi connectivity index (χ1n) is 6.60. The SMILES string of the molecule is CS[C@H](C)CNC(=O)N[C@H]1CCOc2c(F)cccc21. The van der Waals surface area contributed by atoms with Crippen LogP contribution in [-0.2, 0) is 0 Å². The summed E-state index contributed by atoms with van der Waals surface area (Å²) in [4.78, 5) is 11.9. The molecule has 0 saturated carbocycles. The average Bonchev–Trinajstić information content (AvgIpc) is 2.46. The number of halogens is 1. The lowest BCUT2D eigenvalue weighted by molar-refractivity contribution is 0.220. The summed E-state index contributed by atoms with van der Waals surface area (Å²) in [6.07, 6.45) is 2.64. The van der Waals surface area contributed by atoms with Crippen LogP contribution in [0, 0.1) is 5.82 Å². The minimum Gasteiger partial charge on any atom is -0.490 e. The van der Waals surface area contributed by atoms with E-state index >= 15 is 0 Å². The van der Waals surface area contributed by atoms with Crippen LogP contribution in [0.1, 0.15) is 24.9 Å². The van der Waals surface area contributed by atoms with Gasteiger partial charge in [0.2, 0.25) is 0 Å². The second kappa shape index (κ2) is 6.83. The maximum atomic E-state index is 13.6. The molecule has 1 aliphatic rings. The Bertz CT molecular complexity index is 484. The van der Waals surface area contributed by atoms with Gasteiger partial charge in [-0.1, -0.05) is 19.1 Å². The van der Waals surface area contributed by atoms with Crippen LogP contribution in [0.4, 0.5) is 9.18 Å². The van der Waals surface area contributed by atoms with E-state index in [4.69, 9.17) is 4.74 Å². The van der Waals surface area contributed by atoms with Crippen molar-refractivity contribution in [1.82, 2.24) is 10.6 Å². The van der Waals surface area contributed by atoms with Crippen molar-refractivity contribution < 1.29 is 13.9 Å². The molecule has 0 aliphatic carbocycles. The van der Waals surface area contributed by atoms with E-state index in [1.54, 1.807) is 23.9 Å². The Kier molecular flexibility index (Phi) is 5.11. The number of hydrogen-bond acceptors (Lipinski definition) is 3. The zero-order valence-corrected chi connectivity index (χ0v) is 12.4. The Morgan fingerprint density at radius 2 is 2.40 bits per heavy atom. The Balaban J connectivity index is 1.98. The van der Waals surface area contributed by atoms with Crippen LogP contribution in [0.5, 0.6) is 5.75 Å². The highest BCUT2D eigenvalue weighted by atomic mass is 32.2. The number of hydrogen-bond donors (Lipinski definition) is 2. The molecule has 2 atom stereocenters. The molecule has 1 aliphatic heterocycles. The Hall–Kier alpha value is -1.43. The van der Waals surface area contributed by atoms with E-state index in [9.17, 15) is 9.18 Å². The van der Waals surface area contributed by atoms with Gasteiger partial charge in [0.15, 0.2) is 11.6 Å². The molecule has 110 valence electrons. The van der Waals surface area contributed by atoms with Gasteiger partial charge < -0.3 is 15.4 Å². The second-order valence-corrected chi connectivity index (χ2v) is 6.02. The minimum absolute atomic E-state index is 0.209. The molecule has 0 aromatic heterocycles. The van der Waals surface area contributed by atoms with Gasteiger partial charge in [-0.2, -0.15) is 11.8 Å². The van der Waals surface area contributed by atoms with Crippen molar-refractivity contribution in [2.45, 2.75) is 24.6 Å². The van der Waals surface area contributed by atoms with Crippen LogP contribution >= 0.6 is 11.8 Å². The molecule has 0 saturated heterocycles. The van der Waals surface area contributed by atoms with Crippen molar-refractivity contribution in [3.05, 3.63) is 29.6 Å². The van der Waals surface area contributed by atoms with Crippen molar-refractivity contribution in [3.8, 4) is 5.75 Å². The van der Waals surface area contributed by atoms with E-state index in [0.29, 0.717) is 30.4 Å². The Morgan fingerprint density at radius 1 is 1.60 bits per heavy atom. The van der Waals surface area contributed by atoms with Gasteiger partial charge >= 0.3 is 6.03 Å². The van der Waals surface area contributed by atoms with Gasteiger partial charge in [-0.15, -0.1) is 0 Å². The Morgan fingerprint density at radius 3 is 3.15 bits per heavy atom. The maximum Gasteiger partial charge on any atom is 0.315 e. The van der Waals surface area contributed by atoms with Crippen LogP contribution in [0.15, 0.2) is 18.2 Å². The zero-order valence-electron chi connectivity index (χ0n) is 11.6. The number of urea groups is 1. The molecule has 0 bridgehead atoms. The van der Waals surface area contributed by atoms with Gasteiger partial charge in [0.25, 0.3) is 0 Å². The van der Waals surface area contributed by atoms with Gasteiger partial charge in [0, 0.05) is 23.8 Å². The number of thioether (sulfide) groups is 1. The fourth-order valence-electron chi connectivity index (χ4n) is 2.07. The lowest BCUT2D eigenvalue weighted by Crippen LogP contribution is -2.41. The number of carbonyl (C=O) groups excluding carboxylic acids is 1. The van der Waals surface area contributed by atoms with Crippen LogP contribution in [0.3, 0.4) is 0 Å². The first-order chi connectivity index (χ1) is 9.61. The molecule has 0 fully saturated rings. The first kappa shape index (κ1) is 15.0. The van der Waals surface area contributed by atoms with Crippen molar-refractivity contribution in [3.63, 3.8) is 0 Å². The van der Waals surface area contributed by atoms with E-state index in [1.807, 2.05) is 13.2 Å². The lowest BCUT2D eigenvalue weighted by Gasteiger charge is -2.27. The van der Waals surface area contributed by atoms with E-state index in [-0.39, 0.29) is 23.6 Å². The molecule has 20 heavy (non-hydrogen) atoms. The zero-order chi connectivity index (χ0) is 14.5. The summed E-state index contributed by atoms with van der Waals surface area (Å²) in [7, 11) is 0. The standard InChI is InChI=1S/C14H19FN2O2S/c1-9(20-2)8-16-14(18)17-12-6-7-19-13-10(12)4-3-5-11(13)15/h3-5,9,12H,6-8H2,1-2H3,(H2,16,17,18)/t9-,12+/m1/s1. The molecular weight excluding hydrogens is 279 g/mol. The third-order valence-corrected chi connectivity index (χ3v) is 4.25. The highest BCUT2D eigenvalue weighted by molar-refractivity contribution is 7.99. The minimum atomic E-state index is -0.384. The van der Waals surface area contributed by atoms with Gasteiger partial charge in [-0.25, -0.2) is 9.18 Å². The Labute approximate surface area is 122 Å². The average molecular weight is 298 g/mol. The molecule has 0 spiro atoms. The van der Waals surface area contributed by atoms with Crippen molar-refractivity contribution in [2.24, 2.45) is 0 Å². The number of ether oxygens (including phenoxy) is 1. The summed E-state index contributed by atoms with van der Waals surface area (Å²) in [6, 6.07) is 4.34. The highest BCUT2D eigenvalue weighted by Gasteiger charge is 2.25. The maximum absolute atomic E-state index is 13.6. The molecule has 6 heteroatoms. The fraction of sp³-hybridized carbons (Fsp3) is 0.500. The smallest absolute Gasteiger partial charge is 0.315 e. The summed E-state index contributed by atoms with van der Waals surface area (Å²) >= 11 is 1.69. The van der Waals surface area contributed by atoms with Crippen LogP contribution < -0.4 is 15.4 Å². The molecule has 0 unspecified atom stereocenters. The third kappa shape index (κ3) is 3.56. The van der Waals surface area contributed by atoms with Crippen molar-refractivity contribution in [1.29, 1.82) is 0 Å². The molecule has 0 radical (unpaired) electrons. The summed E-state index contributed by atoms with van der Waals surface area (Å²) in [6.45, 7) is 3.05. The monoisotopic (exact) mass is 298 g/mol. The quantitative estimate of drug-likeness (QED) is 0.898. The molecule has 2 rings (SSSR count). The number of nitrogens with one attached hydrogen (secondary N) is 2. The van der Waals surface area contributed by atoms with Gasteiger partial charge in [0.05, 0.1) is 12.6 Å². The van der Waals surface area contributed by atoms with Crippen LogP contribution in [0.25, 0.3) is 0 Å². The fourth-order valence-corrected chi connectivity index (χ4v) is 2.32. The lowest BCUT2D eigenvalue weighted by atomic mass is 10.0. The molecule has 2 N–H and O–H groups in total. The van der Waals surface area contributed by atoms with Crippen LogP contribution in [0.2, 0.25) is 0 Å². The molecular formula is C14H19FN2O2S. The predicted octanol–water partition coefficient (Wildman–Crippen LogP) is 2.70. The number of fused-ring (bicyclic) bond motifs is 1. The van der Waals surface area contributed by atoms with Crippen molar-refractivity contribution >= 4 is 17.8 Å². The van der Waals surface area contributed by atoms with E-state index in [0.717, 1.165) is 0 Å². The normalized spacial score (nSPS) is 18.6. The number of para-hydroxylation sites is 1. The molecule has 1 heterocycles. The number of benzene rings is 1. The number of amides is 2. The van der Waals surface area contributed by atoms with E-state index in [2.05, 4.69) is 10.6 Å². The number of rotatable bonds is 4. The van der Waals surface area contributed by atoms with E-state index < -0.39 is 0 Å². The van der Waals surface area contributed by atoms with E-state index in [1.165, 1.54) is 6.07 Å². The summed E-state index contributed by atoms with van der Waals surface area (Å²) in [5.74, 6) is -0.132. The second-order valence-electron chi connectivity index (χ2n) is 4.75. The van der Waals surface area contributed by atoms with Crippen molar-refractivity contribution in [2.75, 3.05) is 19.4 Å². The molecule has 1 aromatic rings. The van der Waals surface area contributed by atoms with Gasteiger partial charge in [-0.05, 0) is 12.3 Å². The predicted molar refractivity (Wildman–Crippen MR) is 78.8 cm³/mol. The molecule has 2 amide bonds. The number of carbonyl (C=O) groups is 1. The largest absolute Gasteiger partial charge is 0.490 e. The summed E-state index contributed by atoms with van der Waals surface area (Å²) < 4.78 is 19.0. The molecule has 1 aromatic carbocycles. The third-order valence-electron chi connectivity index (χ3n) is 3.28. The van der Waals surface area contributed by atoms with Gasteiger partial charge in [-0.3, -0.25) is 0 Å².